The zero-order chi connectivity index (χ0) is 20.9. The zero-order valence-corrected chi connectivity index (χ0v) is 16.9. The Hall–Kier alpha value is -3.60. The molecule has 2 amide bonds. The summed E-state index contributed by atoms with van der Waals surface area (Å²) in [6.45, 7) is 0.472. The van der Waals surface area contributed by atoms with Crippen LogP contribution < -0.4 is 15.0 Å². The van der Waals surface area contributed by atoms with Gasteiger partial charge in [-0.1, -0.05) is 54.6 Å². The van der Waals surface area contributed by atoms with Crippen LogP contribution in [-0.4, -0.2) is 31.5 Å². The van der Waals surface area contributed by atoms with E-state index >= 15 is 0 Å². The third-order valence-corrected chi connectivity index (χ3v) is 5.40. The molecule has 1 atom stereocenters. The minimum atomic E-state index is -0.562. The number of fused-ring (bicyclic) bond motifs is 1. The number of rotatable bonds is 6. The molecular weight excluding hydrogens is 376 g/mol. The molecular formula is C25H24N2O3. The lowest BCUT2D eigenvalue weighted by atomic mass is 10.1. The van der Waals surface area contributed by atoms with Gasteiger partial charge in [-0.15, -0.1) is 0 Å². The number of nitrogens with zero attached hydrogens (tertiary/aromatic N) is 1. The Morgan fingerprint density at radius 3 is 2.47 bits per heavy atom. The summed E-state index contributed by atoms with van der Waals surface area (Å²) < 4.78 is 5.38. The van der Waals surface area contributed by atoms with E-state index in [0.29, 0.717) is 24.9 Å². The molecule has 3 aromatic rings. The lowest BCUT2D eigenvalue weighted by Crippen LogP contribution is -2.48. The number of para-hydroxylation sites is 2. The quantitative estimate of drug-likeness (QED) is 0.688. The van der Waals surface area contributed by atoms with E-state index in [-0.39, 0.29) is 11.8 Å². The largest absolute Gasteiger partial charge is 0.496 e. The van der Waals surface area contributed by atoms with Gasteiger partial charge in [-0.25, -0.2) is 0 Å². The van der Waals surface area contributed by atoms with Gasteiger partial charge in [0.15, 0.2) is 0 Å². The van der Waals surface area contributed by atoms with Crippen molar-refractivity contribution in [2.75, 3.05) is 18.6 Å². The first kappa shape index (κ1) is 19.7. The highest BCUT2D eigenvalue weighted by atomic mass is 16.5. The molecule has 0 aromatic heterocycles. The van der Waals surface area contributed by atoms with E-state index in [1.165, 1.54) is 0 Å². The van der Waals surface area contributed by atoms with Crippen LogP contribution in [0.15, 0.2) is 78.9 Å². The molecule has 0 fully saturated rings. The minimum absolute atomic E-state index is 0.148. The number of carbonyl (C=O) groups excluding carboxylic acids is 2. The molecule has 5 nitrogen and oxygen atoms in total. The van der Waals surface area contributed by atoms with Gasteiger partial charge in [0, 0.05) is 24.2 Å². The predicted molar refractivity (Wildman–Crippen MR) is 117 cm³/mol. The lowest BCUT2D eigenvalue weighted by Gasteiger charge is -2.25. The summed E-state index contributed by atoms with van der Waals surface area (Å²) in [7, 11) is 1.64. The molecule has 0 radical (unpaired) electrons. The fourth-order valence-electron chi connectivity index (χ4n) is 3.91. The van der Waals surface area contributed by atoms with Crippen molar-refractivity contribution in [3.8, 4) is 5.75 Å². The Morgan fingerprint density at radius 2 is 1.67 bits per heavy atom. The Kier molecular flexibility index (Phi) is 5.80. The highest BCUT2D eigenvalue weighted by molar-refractivity contribution is 6.11. The molecule has 4 rings (SSSR count). The van der Waals surface area contributed by atoms with Gasteiger partial charge in [0.05, 0.1) is 7.11 Å². The van der Waals surface area contributed by atoms with E-state index in [1.54, 1.807) is 24.1 Å². The van der Waals surface area contributed by atoms with E-state index in [4.69, 9.17) is 4.74 Å². The molecule has 1 unspecified atom stereocenters. The molecule has 0 aliphatic carbocycles. The standard InChI is InChI=1S/C25H24N2O3/c1-30-23-14-8-6-9-18(23)15-16-26-24(28)22-17-20-12-5-7-13-21(20)27(22)25(29)19-10-3-2-4-11-19/h2-14,22H,15-17H2,1H3,(H,26,28). The van der Waals surface area contributed by atoms with Crippen LogP contribution in [0.3, 0.4) is 0 Å². The smallest absolute Gasteiger partial charge is 0.259 e. The monoisotopic (exact) mass is 400 g/mol. The minimum Gasteiger partial charge on any atom is -0.496 e. The zero-order valence-electron chi connectivity index (χ0n) is 16.9. The molecule has 1 N–H and O–H groups in total. The second-order valence-electron chi connectivity index (χ2n) is 7.24. The van der Waals surface area contributed by atoms with Gasteiger partial charge in [0.25, 0.3) is 5.91 Å². The van der Waals surface area contributed by atoms with Crippen molar-refractivity contribution in [1.82, 2.24) is 5.32 Å². The number of anilines is 1. The van der Waals surface area contributed by atoms with E-state index in [0.717, 1.165) is 22.6 Å². The van der Waals surface area contributed by atoms with E-state index in [2.05, 4.69) is 5.32 Å². The summed E-state index contributed by atoms with van der Waals surface area (Å²) in [6, 6.07) is 24.0. The first-order valence-electron chi connectivity index (χ1n) is 10.0. The highest BCUT2D eigenvalue weighted by Gasteiger charge is 2.38. The van der Waals surface area contributed by atoms with Crippen LogP contribution in [0.25, 0.3) is 0 Å². The van der Waals surface area contributed by atoms with E-state index < -0.39 is 6.04 Å². The van der Waals surface area contributed by atoms with Crippen LogP contribution in [0, 0.1) is 0 Å². The topological polar surface area (TPSA) is 58.6 Å². The van der Waals surface area contributed by atoms with Crippen molar-refractivity contribution in [2.24, 2.45) is 0 Å². The van der Waals surface area contributed by atoms with Crippen molar-refractivity contribution in [2.45, 2.75) is 18.9 Å². The maximum Gasteiger partial charge on any atom is 0.259 e. The second-order valence-corrected chi connectivity index (χ2v) is 7.24. The third kappa shape index (κ3) is 3.92. The van der Waals surface area contributed by atoms with Gasteiger partial charge in [0.2, 0.25) is 5.91 Å². The molecule has 152 valence electrons. The third-order valence-electron chi connectivity index (χ3n) is 5.40. The molecule has 1 aliphatic rings. The average Bonchev–Trinajstić information content (AvgIpc) is 3.19. The lowest BCUT2D eigenvalue weighted by molar-refractivity contribution is -0.122. The number of methoxy groups -OCH3 is 1. The number of carbonyl (C=O) groups is 2. The summed E-state index contributed by atoms with van der Waals surface area (Å²) in [5.74, 6) is 0.497. The van der Waals surface area contributed by atoms with Crippen molar-refractivity contribution < 1.29 is 14.3 Å². The van der Waals surface area contributed by atoms with Crippen LogP contribution in [0.1, 0.15) is 21.5 Å². The predicted octanol–water partition coefficient (Wildman–Crippen LogP) is 3.63. The summed E-state index contributed by atoms with van der Waals surface area (Å²) in [5.41, 5.74) is 3.41. The Morgan fingerprint density at radius 1 is 0.967 bits per heavy atom. The summed E-state index contributed by atoms with van der Waals surface area (Å²) >= 11 is 0. The maximum absolute atomic E-state index is 13.2. The van der Waals surface area contributed by atoms with Gasteiger partial charge in [-0.2, -0.15) is 0 Å². The molecule has 1 heterocycles. The fourth-order valence-corrected chi connectivity index (χ4v) is 3.91. The van der Waals surface area contributed by atoms with Gasteiger partial charge >= 0.3 is 0 Å². The van der Waals surface area contributed by atoms with Gasteiger partial charge < -0.3 is 10.1 Å². The molecule has 1 aliphatic heterocycles. The normalized spacial score (nSPS) is 14.8. The Bertz CT molecular complexity index is 1050. The van der Waals surface area contributed by atoms with Crippen LogP contribution in [0.4, 0.5) is 5.69 Å². The summed E-state index contributed by atoms with van der Waals surface area (Å²) in [4.78, 5) is 27.9. The summed E-state index contributed by atoms with van der Waals surface area (Å²) in [6.07, 6.45) is 1.16. The van der Waals surface area contributed by atoms with Gasteiger partial charge in [0.1, 0.15) is 11.8 Å². The second kappa shape index (κ2) is 8.82. The van der Waals surface area contributed by atoms with Crippen molar-refractivity contribution in [3.05, 3.63) is 95.6 Å². The number of nitrogens with one attached hydrogen (secondary N) is 1. The number of amides is 2. The SMILES string of the molecule is COc1ccccc1CCNC(=O)C1Cc2ccccc2N1C(=O)c1ccccc1. The van der Waals surface area contributed by atoms with Crippen LogP contribution in [0.2, 0.25) is 0 Å². The number of benzene rings is 3. The fraction of sp³-hybridized carbons (Fsp3) is 0.200. The molecule has 5 heteroatoms. The van der Waals surface area contributed by atoms with Crippen molar-refractivity contribution in [3.63, 3.8) is 0 Å². The Balaban J connectivity index is 1.50. The summed E-state index contributed by atoms with van der Waals surface area (Å²) in [5, 5.41) is 3.01. The molecule has 0 saturated carbocycles. The van der Waals surface area contributed by atoms with Crippen molar-refractivity contribution in [1.29, 1.82) is 0 Å². The average molecular weight is 400 g/mol. The molecule has 0 bridgehead atoms. The number of hydrogen-bond acceptors (Lipinski definition) is 3. The number of hydrogen-bond donors (Lipinski definition) is 1. The molecule has 3 aromatic carbocycles. The van der Waals surface area contributed by atoms with Crippen LogP contribution in [-0.2, 0) is 17.6 Å². The molecule has 30 heavy (non-hydrogen) atoms. The first-order chi connectivity index (χ1) is 14.7. The van der Waals surface area contributed by atoms with Crippen LogP contribution >= 0.6 is 0 Å². The molecule has 0 saturated heterocycles. The maximum atomic E-state index is 13.2. The van der Waals surface area contributed by atoms with Crippen molar-refractivity contribution >= 4 is 17.5 Å². The van der Waals surface area contributed by atoms with E-state index in [9.17, 15) is 9.59 Å². The first-order valence-corrected chi connectivity index (χ1v) is 10.0. The van der Waals surface area contributed by atoms with Gasteiger partial charge in [-0.05, 0) is 41.8 Å². The van der Waals surface area contributed by atoms with E-state index in [1.807, 2.05) is 66.7 Å². The number of ether oxygens (including phenoxy) is 1. The van der Waals surface area contributed by atoms with Crippen LogP contribution in [0.5, 0.6) is 5.75 Å². The molecule has 0 spiro atoms. The highest BCUT2D eigenvalue weighted by Crippen LogP contribution is 2.33. The Labute approximate surface area is 176 Å². The van der Waals surface area contributed by atoms with Gasteiger partial charge in [-0.3, -0.25) is 14.5 Å².